The van der Waals surface area contributed by atoms with E-state index >= 15 is 0 Å². The number of hydrogen-bond acceptors (Lipinski definition) is 4. The van der Waals surface area contributed by atoms with E-state index in [4.69, 9.17) is 14.7 Å². The maximum atomic E-state index is 8.54. The summed E-state index contributed by atoms with van der Waals surface area (Å²) in [5.74, 6) is 1.86. The molecule has 0 fully saturated rings. The van der Waals surface area contributed by atoms with Gasteiger partial charge in [0.1, 0.15) is 18.1 Å². The van der Waals surface area contributed by atoms with E-state index in [1.807, 2.05) is 24.3 Å². The van der Waals surface area contributed by atoms with Crippen molar-refractivity contribution in [3.8, 4) is 17.6 Å². The third-order valence-corrected chi connectivity index (χ3v) is 4.07. The molecule has 4 nitrogen and oxygen atoms in total. The summed E-state index contributed by atoms with van der Waals surface area (Å²) in [6, 6.07) is 18.8. The highest BCUT2D eigenvalue weighted by atomic mass is 16.5. The van der Waals surface area contributed by atoms with E-state index in [0.717, 1.165) is 30.9 Å². The zero-order chi connectivity index (χ0) is 16.6. The molecule has 1 N–H and O–H groups in total. The van der Waals surface area contributed by atoms with Crippen molar-refractivity contribution in [3.05, 3.63) is 59.7 Å². The Balaban J connectivity index is 1.49. The Morgan fingerprint density at radius 2 is 2.12 bits per heavy atom. The van der Waals surface area contributed by atoms with Gasteiger partial charge in [0.25, 0.3) is 0 Å². The second-order valence-electron chi connectivity index (χ2n) is 5.96. The minimum Gasteiger partial charge on any atom is -0.494 e. The number of nitrogens with one attached hydrogen (secondary N) is 1. The number of unbranched alkanes of at least 4 members (excludes halogenated alkanes) is 1. The van der Waals surface area contributed by atoms with Gasteiger partial charge in [-0.2, -0.15) is 5.26 Å². The molecule has 0 saturated carbocycles. The highest BCUT2D eigenvalue weighted by molar-refractivity contribution is 5.35. The van der Waals surface area contributed by atoms with Crippen molar-refractivity contribution in [3.63, 3.8) is 0 Å². The Morgan fingerprint density at radius 3 is 3.04 bits per heavy atom. The second kappa shape index (κ2) is 8.37. The van der Waals surface area contributed by atoms with Crippen LogP contribution in [0.25, 0.3) is 0 Å². The molecule has 0 amide bonds. The number of fused-ring (bicyclic) bond motifs is 1. The number of nitriles is 1. The van der Waals surface area contributed by atoms with Crippen molar-refractivity contribution in [2.24, 2.45) is 0 Å². The summed E-state index contributed by atoms with van der Waals surface area (Å²) in [5, 5.41) is 12.1. The summed E-state index contributed by atoms with van der Waals surface area (Å²) in [5.41, 5.74) is 2.45. The summed E-state index contributed by atoms with van der Waals surface area (Å²) >= 11 is 0. The van der Waals surface area contributed by atoms with Crippen LogP contribution >= 0.6 is 0 Å². The van der Waals surface area contributed by atoms with Crippen LogP contribution in [-0.2, 0) is 13.0 Å². The van der Waals surface area contributed by atoms with Gasteiger partial charge in [-0.05, 0) is 42.2 Å². The maximum Gasteiger partial charge on any atom is 0.122 e. The summed E-state index contributed by atoms with van der Waals surface area (Å²) in [6.45, 7) is 2.06. The highest BCUT2D eigenvalue weighted by Crippen LogP contribution is 2.24. The summed E-state index contributed by atoms with van der Waals surface area (Å²) in [6.07, 6.45) is 2.28. The molecule has 0 radical (unpaired) electrons. The van der Waals surface area contributed by atoms with Crippen molar-refractivity contribution in [2.75, 3.05) is 13.2 Å². The quantitative estimate of drug-likeness (QED) is 0.793. The van der Waals surface area contributed by atoms with Gasteiger partial charge in [-0.3, -0.25) is 0 Å². The van der Waals surface area contributed by atoms with E-state index in [1.54, 1.807) is 0 Å². The van der Waals surface area contributed by atoms with Crippen LogP contribution in [0, 0.1) is 11.3 Å². The predicted molar refractivity (Wildman–Crippen MR) is 93.1 cm³/mol. The van der Waals surface area contributed by atoms with E-state index in [1.165, 1.54) is 11.1 Å². The fourth-order valence-corrected chi connectivity index (χ4v) is 2.81. The number of hydrogen-bond donors (Lipinski definition) is 1. The molecular formula is C20H22N2O2. The first-order valence-electron chi connectivity index (χ1n) is 8.38. The average molecular weight is 322 g/mol. The van der Waals surface area contributed by atoms with Gasteiger partial charge >= 0.3 is 0 Å². The molecular weight excluding hydrogens is 300 g/mol. The number of para-hydroxylation sites is 1. The van der Waals surface area contributed by atoms with Crippen LogP contribution in [0.1, 0.15) is 24.0 Å². The second-order valence-corrected chi connectivity index (χ2v) is 5.96. The van der Waals surface area contributed by atoms with E-state index in [-0.39, 0.29) is 0 Å². The molecule has 124 valence electrons. The van der Waals surface area contributed by atoms with Crippen LogP contribution in [0.2, 0.25) is 0 Å². The molecule has 1 unspecified atom stereocenters. The Hall–Kier alpha value is -2.51. The largest absolute Gasteiger partial charge is 0.494 e. The van der Waals surface area contributed by atoms with E-state index in [0.29, 0.717) is 25.7 Å². The molecule has 24 heavy (non-hydrogen) atoms. The maximum absolute atomic E-state index is 8.54. The normalized spacial score (nSPS) is 15.9. The summed E-state index contributed by atoms with van der Waals surface area (Å²) in [4.78, 5) is 0. The summed E-state index contributed by atoms with van der Waals surface area (Å²) < 4.78 is 11.5. The molecule has 3 rings (SSSR count). The Labute approximate surface area is 143 Å². The van der Waals surface area contributed by atoms with Crippen molar-refractivity contribution >= 4 is 0 Å². The van der Waals surface area contributed by atoms with E-state index in [2.05, 4.69) is 35.7 Å². The molecule has 0 aliphatic carbocycles. The van der Waals surface area contributed by atoms with E-state index < -0.39 is 0 Å². The monoisotopic (exact) mass is 322 g/mol. The topological polar surface area (TPSA) is 54.3 Å². The van der Waals surface area contributed by atoms with Crippen molar-refractivity contribution in [2.45, 2.75) is 31.8 Å². The van der Waals surface area contributed by atoms with Crippen LogP contribution in [0.5, 0.6) is 11.5 Å². The minimum atomic E-state index is 0.320. The molecule has 0 bridgehead atoms. The van der Waals surface area contributed by atoms with Crippen LogP contribution in [-0.4, -0.2) is 19.3 Å². The Morgan fingerprint density at radius 1 is 1.21 bits per heavy atom. The lowest BCUT2D eigenvalue weighted by atomic mass is 10.0. The van der Waals surface area contributed by atoms with Gasteiger partial charge in [0.2, 0.25) is 0 Å². The third-order valence-electron chi connectivity index (χ3n) is 4.07. The van der Waals surface area contributed by atoms with Crippen LogP contribution < -0.4 is 14.8 Å². The molecule has 0 saturated heterocycles. The first kappa shape index (κ1) is 16.4. The lowest BCUT2D eigenvalue weighted by Gasteiger charge is -2.26. The van der Waals surface area contributed by atoms with Crippen LogP contribution in [0.3, 0.4) is 0 Å². The highest BCUT2D eigenvalue weighted by Gasteiger charge is 2.18. The molecule has 0 aromatic heterocycles. The molecule has 1 aliphatic heterocycles. The van der Waals surface area contributed by atoms with E-state index in [9.17, 15) is 0 Å². The fraction of sp³-hybridized carbons (Fsp3) is 0.350. The van der Waals surface area contributed by atoms with Crippen LogP contribution in [0.4, 0.5) is 0 Å². The number of nitrogens with zero attached hydrogens (tertiary/aromatic N) is 1. The van der Waals surface area contributed by atoms with Gasteiger partial charge in [0, 0.05) is 19.0 Å². The Bertz CT molecular complexity index is 709. The van der Waals surface area contributed by atoms with Gasteiger partial charge in [0.05, 0.1) is 12.7 Å². The molecule has 4 heteroatoms. The average Bonchev–Trinajstić information content (AvgIpc) is 2.64. The van der Waals surface area contributed by atoms with Crippen LogP contribution in [0.15, 0.2) is 48.5 Å². The van der Waals surface area contributed by atoms with Crippen molar-refractivity contribution in [1.29, 1.82) is 5.26 Å². The third kappa shape index (κ3) is 4.50. The fourth-order valence-electron chi connectivity index (χ4n) is 2.81. The zero-order valence-corrected chi connectivity index (χ0v) is 13.7. The standard InChI is InChI=1S/C20H22N2O2/c21-10-3-4-11-23-19-8-5-6-16(12-19)14-22-18-13-17-7-1-2-9-20(17)24-15-18/h1-2,5-9,12,18,22H,3-4,11,13-15H2. The lowest BCUT2D eigenvalue weighted by Crippen LogP contribution is -2.38. The number of ether oxygens (including phenoxy) is 2. The molecule has 1 heterocycles. The number of benzene rings is 2. The number of rotatable bonds is 7. The smallest absolute Gasteiger partial charge is 0.122 e. The minimum absolute atomic E-state index is 0.320. The predicted octanol–water partition coefficient (Wildman–Crippen LogP) is 3.46. The van der Waals surface area contributed by atoms with Gasteiger partial charge in [0.15, 0.2) is 0 Å². The molecule has 0 spiro atoms. The molecule has 1 atom stereocenters. The Kier molecular flexibility index (Phi) is 5.70. The van der Waals surface area contributed by atoms with Gasteiger partial charge in [-0.15, -0.1) is 0 Å². The first-order chi connectivity index (χ1) is 11.8. The van der Waals surface area contributed by atoms with Crippen molar-refractivity contribution in [1.82, 2.24) is 5.32 Å². The first-order valence-corrected chi connectivity index (χ1v) is 8.38. The molecule has 1 aliphatic rings. The van der Waals surface area contributed by atoms with Gasteiger partial charge in [-0.1, -0.05) is 30.3 Å². The molecule has 2 aromatic rings. The van der Waals surface area contributed by atoms with Crippen molar-refractivity contribution < 1.29 is 9.47 Å². The lowest BCUT2D eigenvalue weighted by molar-refractivity contribution is 0.238. The van der Waals surface area contributed by atoms with Gasteiger partial charge < -0.3 is 14.8 Å². The summed E-state index contributed by atoms with van der Waals surface area (Å²) in [7, 11) is 0. The molecule has 2 aromatic carbocycles. The SMILES string of the molecule is N#CCCCOc1cccc(CNC2COc3ccccc3C2)c1. The zero-order valence-electron chi connectivity index (χ0n) is 13.7. The van der Waals surface area contributed by atoms with Gasteiger partial charge in [-0.25, -0.2) is 0 Å².